The van der Waals surface area contributed by atoms with Crippen LogP contribution in [-0.2, 0) is 9.59 Å². The van der Waals surface area contributed by atoms with Gasteiger partial charge in [0.05, 0.1) is 13.7 Å². The predicted octanol–water partition coefficient (Wildman–Crippen LogP) is 1.76. The molecule has 1 heterocycles. The normalized spacial score (nSPS) is 14.8. The highest BCUT2D eigenvalue weighted by atomic mass is 35.5. The number of carbonyl (C=O) groups excluding carboxylic acids is 2. The molecule has 2 rings (SSSR count). The molecule has 134 valence electrons. The van der Waals surface area contributed by atoms with Crippen LogP contribution in [0, 0.1) is 11.8 Å². The van der Waals surface area contributed by atoms with Crippen molar-refractivity contribution in [3.05, 3.63) is 24.3 Å². The lowest BCUT2D eigenvalue weighted by Gasteiger charge is -2.34. The van der Waals surface area contributed by atoms with Gasteiger partial charge in [0.1, 0.15) is 5.75 Å². The van der Waals surface area contributed by atoms with Gasteiger partial charge < -0.3 is 20.3 Å². The molecule has 1 aromatic carbocycles. The van der Waals surface area contributed by atoms with Gasteiger partial charge in [-0.05, 0) is 38.1 Å². The maximum atomic E-state index is 12.5. The van der Waals surface area contributed by atoms with Crippen molar-refractivity contribution < 1.29 is 14.3 Å². The summed E-state index contributed by atoms with van der Waals surface area (Å²) in [6.07, 6.45) is 0. The van der Waals surface area contributed by atoms with Crippen LogP contribution in [0.4, 0.5) is 5.69 Å². The zero-order chi connectivity index (χ0) is 16.8. The first-order valence-electron chi connectivity index (χ1n) is 7.98. The number of carbonyl (C=O) groups is 2. The van der Waals surface area contributed by atoms with Crippen LogP contribution in [-0.4, -0.2) is 50.0 Å². The number of nitrogens with one attached hydrogen (secondary N) is 2. The number of nitrogens with zero attached hydrogens (tertiary/aromatic N) is 1. The lowest BCUT2D eigenvalue weighted by atomic mass is 9.88. The van der Waals surface area contributed by atoms with E-state index in [-0.39, 0.29) is 36.7 Å². The minimum absolute atomic E-state index is 0. The minimum atomic E-state index is -0.201. The van der Waals surface area contributed by atoms with Gasteiger partial charge in [0.15, 0.2) is 0 Å². The Balaban J connectivity index is 0.00000288. The van der Waals surface area contributed by atoms with Crippen LogP contribution in [0.3, 0.4) is 0 Å². The molecule has 1 saturated heterocycles. The summed E-state index contributed by atoms with van der Waals surface area (Å²) in [7, 11) is 1.58. The number of halogens is 1. The maximum absolute atomic E-state index is 12.5. The second kappa shape index (κ2) is 9.49. The summed E-state index contributed by atoms with van der Waals surface area (Å²) < 4.78 is 5.13. The number of anilines is 1. The Hall–Kier alpha value is -1.79. The van der Waals surface area contributed by atoms with Crippen LogP contribution >= 0.6 is 12.4 Å². The number of hydrogen-bond donors (Lipinski definition) is 2. The van der Waals surface area contributed by atoms with Crippen LogP contribution in [0.15, 0.2) is 24.3 Å². The van der Waals surface area contributed by atoms with Gasteiger partial charge in [-0.15, -0.1) is 12.4 Å². The molecule has 0 bridgehead atoms. The lowest BCUT2D eigenvalue weighted by molar-refractivity contribution is -0.139. The van der Waals surface area contributed by atoms with Crippen LogP contribution < -0.4 is 15.4 Å². The van der Waals surface area contributed by atoms with E-state index in [1.807, 2.05) is 26.0 Å². The minimum Gasteiger partial charge on any atom is -0.497 e. The average Bonchev–Trinajstić information content (AvgIpc) is 2.50. The van der Waals surface area contributed by atoms with E-state index < -0.39 is 0 Å². The molecular weight excluding hydrogens is 330 g/mol. The summed E-state index contributed by atoms with van der Waals surface area (Å²) in [6, 6.07) is 7.16. The van der Waals surface area contributed by atoms with E-state index in [0.29, 0.717) is 23.9 Å². The number of benzene rings is 1. The highest BCUT2D eigenvalue weighted by Crippen LogP contribution is 2.19. The third kappa shape index (κ3) is 5.11. The molecule has 2 N–H and O–H groups in total. The Morgan fingerprint density at radius 1 is 1.42 bits per heavy atom. The molecule has 7 heteroatoms. The Bertz CT molecular complexity index is 564. The first kappa shape index (κ1) is 20.3. The monoisotopic (exact) mass is 355 g/mol. The van der Waals surface area contributed by atoms with Gasteiger partial charge in [-0.25, -0.2) is 0 Å². The van der Waals surface area contributed by atoms with Gasteiger partial charge in [-0.1, -0.05) is 13.0 Å². The van der Waals surface area contributed by atoms with Crippen molar-refractivity contribution in [1.29, 1.82) is 0 Å². The second-order valence-corrected chi connectivity index (χ2v) is 5.84. The predicted molar refractivity (Wildman–Crippen MR) is 96.6 cm³/mol. The Kier molecular flexibility index (Phi) is 8.01. The van der Waals surface area contributed by atoms with Gasteiger partial charge in [-0.2, -0.15) is 0 Å². The quantitative estimate of drug-likeness (QED) is 0.782. The SMILES string of the molecule is CCN(CC(=O)Nc1cccc(OC)c1)C(=O)C(C)C1CNC1.Cl. The molecular formula is C17H26ClN3O3. The average molecular weight is 356 g/mol. The standard InChI is InChI=1S/C17H25N3O3.ClH/c1-4-20(17(22)12(2)13-9-18-10-13)11-16(21)19-14-6-5-7-15(8-14)23-3;/h5-8,12-13,18H,4,9-11H2,1-3H3,(H,19,21);1H. The van der Waals surface area contributed by atoms with Crippen molar-refractivity contribution in [2.75, 3.05) is 38.6 Å². The van der Waals surface area contributed by atoms with Crippen molar-refractivity contribution in [3.8, 4) is 5.75 Å². The molecule has 0 saturated carbocycles. The fourth-order valence-corrected chi connectivity index (χ4v) is 2.57. The van der Waals surface area contributed by atoms with Crippen molar-refractivity contribution in [2.24, 2.45) is 11.8 Å². The molecule has 1 aliphatic rings. The van der Waals surface area contributed by atoms with E-state index in [1.54, 1.807) is 24.1 Å². The molecule has 1 unspecified atom stereocenters. The molecule has 0 aromatic heterocycles. The number of hydrogen-bond acceptors (Lipinski definition) is 4. The van der Waals surface area contributed by atoms with Gasteiger partial charge in [0.2, 0.25) is 11.8 Å². The molecule has 1 aromatic rings. The Labute approximate surface area is 149 Å². The summed E-state index contributed by atoms with van der Waals surface area (Å²) in [6.45, 7) is 6.17. The maximum Gasteiger partial charge on any atom is 0.243 e. The summed E-state index contributed by atoms with van der Waals surface area (Å²) in [5.41, 5.74) is 0.661. The van der Waals surface area contributed by atoms with Crippen molar-refractivity contribution in [1.82, 2.24) is 10.2 Å². The van der Waals surface area contributed by atoms with Crippen LogP contribution in [0.5, 0.6) is 5.75 Å². The van der Waals surface area contributed by atoms with Crippen molar-refractivity contribution >= 4 is 29.9 Å². The summed E-state index contributed by atoms with van der Waals surface area (Å²) in [4.78, 5) is 26.3. The largest absolute Gasteiger partial charge is 0.497 e. The third-order valence-corrected chi connectivity index (χ3v) is 4.29. The Morgan fingerprint density at radius 2 is 2.12 bits per heavy atom. The van der Waals surface area contributed by atoms with E-state index >= 15 is 0 Å². The van der Waals surface area contributed by atoms with Gasteiger partial charge in [0, 0.05) is 24.2 Å². The van der Waals surface area contributed by atoms with E-state index in [4.69, 9.17) is 4.74 Å². The molecule has 24 heavy (non-hydrogen) atoms. The Morgan fingerprint density at radius 3 is 2.67 bits per heavy atom. The highest BCUT2D eigenvalue weighted by Gasteiger charge is 2.31. The summed E-state index contributed by atoms with van der Waals surface area (Å²) >= 11 is 0. The molecule has 1 fully saturated rings. The topological polar surface area (TPSA) is 70.7 Å². The number of methoxy groups -OCH3 is 1. The fourth-order valence-electron chi connectivity index (χ4n) is 2.57. The van der Waals surface area contributed by atoms with Crippen LogP contribution in [0.2, 0.25) is 0 Å². The summed E-state index contributed by atoms with van der Waals surface area (Å²) in [5, 5.41) is 5.98. The van der Waals surface area contributed by atoms with Crippen molar-refractivity contribution in [3.63, 3.8) is 0 Å². The van der Waals surface area contributed by atoms with E-state index in [9.17, 15) is 9.59 Å². The highest BCUT2D eigenvalue weighted by molar-refractivity contribution is 5.95. The van der Waals surface area contributed by atoms with E-state index in [1.165, 1.54) is 0 Å². The molecule has 1 atom stereocenters. The van der Waals surface area contributed by atoms with E-state index in [0.717, 1.165) is 13.1 Å². The number of rotatable bonds is 7. The van der Waals surface area contributed by atoms with Crippen LogP contribution in [0.1, 0.15) is 13.8 Å². The number of likely N-dealkylation sites (N-methyl/N-ethyl adjacent to an activating group) is 1. The van der Waals surface area contributed by atoms with Gasteiger partial charge >= 0.3 is 0 Å². The molecule has 0 aliphatic carbocycles. The number of amides is 2. The smallest absolute Gasteiger partial charge is 0.243 e. The first-order chi connectivity index (χ1) is 11.0. The second-order valence-electron chi connectivity index (χ2n) is 5.84. The third-order valence-electron chi connectivity index (χ3n) is 4.29. The zero-order valence-corrected chi connectivity index (χ0v) is 15.2. The molecule has 1 aliphatic heterocycles. The number of ether oxygens (including phenoxy) is 1. The fraction of sp³-hybridized carbons (Fsp3) is 0.529. The van der Waals surface area contributed by atoms with Gasteiger partial charge in [0.25, 0.3) is 0 Å². The molecule has 0 radical (unpaired) electrons. The lowest BCUT2D eigenvalue weighted by Crippen LogP contribution is -2.51. The zero-order valence-electron chi connectivity index (χ0n) is 14.4. The van der Waals surface area contributed by atoms with E-state index in [2.05, 4.69) is 10.6 Å². The van der Waals surface area contributed by atoms with Gasteiger partial charge in [-0.3, -0.25) is 9.59 Å². The molecule has 6 nitrogen and oxygen atoms in total. The van der Waals surface area contributed by atoms with Crippen LogP contribution in [0.25, 0.3) is 0 Å². The first-order valence-corrected chi connectivity index (χ1v) is 7.98. The molecule has 2 amide bonds. The summed E-state index contributed by atoms with van der Waals surface area (Å²) in [5.74, 6) is 0.836. The molecule has 0 spiro atoms. The van der Waals surface area contributed by atoms with Crippen molar-refractivity contribution in [2.45, 2.75) is 13.8 Å².